The van der Waals surface area contributed by atoms with Crippen molar-refractivity contribution >= 4 is 38.9 Å². The van der Waals surface area contributed by atoms with Crippen LogP contribution in [0.5, 0.6) is 5.75 Å². The van der Waals surface area contributed by atoms with Gasteiger partial charge in [-0.1, -0.05) is 38.1 Å². The first-order valence-electron chi connectivity index (χ1n) is 11.9. The fraction of sp³-hybridized carbons (Fsp3) is 0.286. The van der Waals surface area contributed by atoms with Gasteiger partial charge in [-0.05, 0) is 49.1 Å². The molecule has 0 N–H and O–H groups in total. The molecule has 1 aliphatic rings. The molecule has 0 radical (unpaired) electrons. The number of ketones is 1. The Morgan fingerprint density at radius 2 is 1.81 bits per heavy atom. The van der Waals surface area contributed by atoms with Gasteiger partial charge in [-0.15, -0.1) is 11.3 Å². The van der Waals surface area contributed by atoms with Crippen molar-refractivity contribution in [3.8, 4) is 16.9 Å². The third kappa shape index (κ3) is 3.91. The maximum atomic E-state index is 13.6. The van der Waals surface area contributed by atoms with Gasteiger partial charge < -0.3 is 9.64 Å². The highest BCUT2D eigenvalue weighted by Gasteiger charge is 2.30. The molecule has 2 aromatic heterocycles. The molecule has 0 saturated carbocycles. The van der Waals surface area contributed by atoms with E-state index >= 15 is 0 Å². The zero-order chi connectivity index (χ0) is 25.7. The molecule has 0 aliphatic carbocycles. The molecule has 3 heterocycles. The topological polar surface area (TPSA) is 81.5 Å². The van der Waals surface area contributed by atoms with Crippen molar-refractivity contribution in [2.24, 2.45) is 0 Å². The lowest BCUT2D eigenvalue weighted by atomic mass is 9.99. The summed E-state index contributed by atoms with van der Waals surface area (Å²) in [4.78, 5) is 46.0. The van der Waals surface area contributed by atoms with Gasteiger partial charge in [-0.25, -0.2) is 4.98 Å². The Balaban J connectivity index is 1.51. The second kappa shape index (κ2) is 9.02. The van der Waals surface area contributed by atoms with Crippen LogP contribution >= 0.6 is 11.3 Å². The Bertz CT molecular complexity index is 1550. The van der Waals surface area contributed by atoms with E-state index in [1.54, 1.807) is 39.1 Å². The van der Waals surface area contributed by atoms with E-state index in [2.05, 4.69) is 31.0 Å². The number of rotatable bonds is 5. The van der Waals surface area contributed by atoms with E-state index in [1.165, 1.54) is 32.7 Å². The first-order chi connectivity index (χ1) is 17.2. The predicted octanol–water partition coefficient (Wildman–Crippen LogP) is 5.44. The Morgan fingerprint density at radius 1 is 1.08 bits per heavy atom. The van der Waals surface area contributed by atoms with Crippen molar-refractivity contribution in [1.82, 2.24) is 9.55 Å². The number of carbonyl (C=O) groups is 2. The summed E-state index contributed by atoms with van der Waals surface area (Å²) in [7, 11) is 1.66. The lowest BCUT2D eigenvalue weighted by Gasteiger charge is -2.30. The van der Waals surface area contributed by atoms with Crippen molar-refractivity contribution < 1.29 is 14.3 Å². The molecular weight excluding hydrogens is 474 g/mol. The molecule has 0 fully saturated rings. The number of anilines is 1. The Labute approximate surface area is 213 Å². The maximum absolute atomic E-state index is 13.6. The van der Waals surface area contributed by atoms with Crippen molar-refractivity contribution in [1.29, 1.82) is 0 Å². The zero-order valence-electron chi connectivity index (χ0n) is 20.8. The molecule has 2 aromatic carbocycles. The Morgan fingerprint density at radius 3 is 2.50 bits per heavy atom. The van der Waals surface area contributed by atoms with Crippen LogP contribution in [0.15, 0.2) is 59.0 Å². The highest BCUT2D eigenvalue weighted by molar-refractivity contribution is 7.17. The standard InChI is InChI=1S/C28H27N3O4S/c1-15(2)18-6-8-19(9-7-18)21-13-36-26-24(21)28(34)31(14-29-26)16(3)25(32)20-10-11-23-22(12-20)30(5)27(33)17(4)35-23/h6-17H,1-5H3. The minimum absolute atomic E-state index is 0.183. The lowest BCUT2D eigenvalue weighted by Crippen LogP contribution is -2.42. The third-order valence-corrected chi connectivity index (χ3v) is 7.68. The van der Waals surface area contributed by atoms with Crippen LogP contribution in [0.2, 0.25) is 0 Å². The van der Waals surface area contributed by atoms with Crippen molar-refractivity contribution in [2.45, 2.75) is 45.8 Å². The number of aromatic nitrogens is 2. The molecule has 0 spiro atoms. The molecule has 1 amide bonds. The second-order valence-corrected chi connectivity index (χ2v) is 10.3. The van der Waals surface area contributed by atoms with E-state index in [-0.39, 0.29) is 17.2 Å². The minimum Gasteiger partial charge on any atom is -0.479 e. The molecule has 2 unspecified atom stereocenters. The fourth-order valence-corrected chi connectivity index (χ4v) is 5.42. The number of thiophene rings is 1. The number of Topliss-reactive ketones (excluding diaryl/α,β-unsaturated/α-hetero) is 1. The molecule has 7 nitrogen and oxygen atoms in total. The Kier molecular flexibility index (Phi) is 6.00. The number of nitrogens with zero attached hydrogens (tertiary/aromatic N) is 3. The van der Waals surface area contributed by atoms with Gasteiger partial charge in [0, 0.05) is 23.6 Å². The van der Waals surface area contributed by atoms with E-state index in [9.17, 15) is 14.4 Å². The zero-order valence-corrected chi connectivity index (χ0v) is 21.6. The van der Waals surface area contributed by atoms with E-state index in [1.807, 2.05) is 17.5 Å². The lowest BCUT2D eigenvalue weighted by molar-refractivity contribution is -0.125. The molecule has 4 aromatic rings. The Hall–Kier alpha value is -3.78. The van der Waals surface area contributed by atoms with Gasteiger partial charge in [0.15, 0.2) is 11.9 Å². The van der Waals surface area contributed by atoms with Gasteiger partial charge in [-0.3, -0.25) is 19.0 Å². The SMILES string of the molecule is CC1Oc2ccc(C(=O)C(C)n3cnc4scc(-c5ccc(C(C)C)cc5)c4c3=O)cc2N(C)C1=O. The van der Waals surface area contributed by atoms with E-state index in [4.69, 9.17) is 4.74 Å². The van der Waals surface area contributed by atoms with Gasteiger partial charge in [0.05, 0.1) is 23.4 Å². The number of carbonyl (C=O) groups excluding carboxylic acids is 2. The monoisotopic (exact) mass is 501 g/mol. The van der Waals surface area contributed by atoms with E-state index in [0.717, 1.165) is 11.1 Å². The summed E-state index contributed by atoms with van der Waals surface area (Å²) in [6.45, 7) is 7.66. The van der Waals surface area contributed by atoms with Gasteiger partial charge in [0.25, 0.3) is 11.5 Å². The normalized spacial score (nSPS) is 16.2. The van der Waals surface area contributed by atoms with Crippen LogP contribution in [-0.2, 0) is 4.79 Å². The van der Waals surface area contributed by atoms with E-state index in [0.29, 0.717) is 33.1 Å². The summed E-state index contributed by atoms with van der Waals surface area (Å²) in [6.07, 6.45) is 0.856. The predicted molar refractivity (Wildman–Crippen MR) is 142 cm³/mol. The third-order valence-electron chi connectivity index (χ3n) is 6.79. The van der Waals surface area contributed by atoms with Gasteiger partial charge in [0.2, 0.25) is 0 Å². The number of fused-ring (bicyclic) bond motifs is 2. The molecule has 8 heteroatoms. The summed E-state index contributed by atoms with van der Waals surface area (Å²) in [5, 5.41) is 2.45. The molecule has 1 aliphatic heterocycles. The summed E-state index contributed by atoms with van der Waals surface area (Å²) < 4.78 is 7.05. The molecule has 2 atom stereocenters. The number of likely N-dealkylation sites (N-methyl/N-ethyl adjacent to an activating group) is 1. The molecular formula is C28H27N3O4S. The second-order valence-electron chi connectivity index (χ2n) is 9.44. The highest BCUT2D eigenvalue weighted by Crippen LogP contribution is 2.35. The largest absolute Gasteiger partial charge is 0.479 e. The summed E-state index contributed by atoms with van der Waals surface area (Å²) in [5.74, 6) is 0.525. The molecule has 0 saturated heterocycles. The number of benzene rings is 2. The summed E-state index contributed by atoms with van der Waals surface area (Å²) in [5.41, 5.74) is 3.65. The van der Waals surface area contributed by atoms with Crippen LogP contribution in [0.25, 0.3) is 21.3 Å². The average Bonchev–Trinajstić information content (AvgIpc) is 3.32. The highest BCUT2D eigenvalue weighted by atomic mass is 32.1. The first kappa shape index (κ1) is 23.9. The van der Waals surface area contributed by atoms with Crippen LogP contribution in [0, 0.1) is 0 Å². The van der Waals surface area contributed by atoms with Crippen LogP contribution in [-0.4, -0.2) is 34.4 Å². The number of hydrogen-bond donors (Lipinski definition) is 0. The molecule has 0 bridgehead atoms. The quantitative estimate of drug-likeness (QED) is 0.340. The van der Waals surface area contributed by atoms with E-state index < -0.39 is 12.1 Å². The molecule has 5 rings (SSSR count). The number of hydrogen-bond acceptors (Lipinski definition) is 6. The smallest absolute Gasteiger partial charge is 0.267 e. The number of amides is 1. The molecule has 184 valence electrons. The van der Waals surface area contributed by atoms with Crippen LogP contribution in [0.1, 0.15) is 55.6 Å². The first-order valence-corrected chi connectivity index (χ1v) is 12.8. The van der Waals surface area contributed by atoms with Gasteiger partial charge in [-0.2, -0.15) is 0 Å². The van der Waals surface area contributed by atoms with Gasteiger partial charge in [0.1, 0.15) is 10.6 Å². The fourth-order valence-electron chi connectivity index (χ4n) is 4.51. The molecule has 36 heavy (non-hydrogen) atoms. The van der Waals surface area contributed by atoms with Crippen molar-refractivity contribution in [2.75, 3.05) is 11.9 Å². The van der Waals surface area contributed by atoms with Crippen LogP contribution < -0.4 is 15.2 Å². The number of ether oxygens (including phenoxy) is 1. The maximum Gasteiger partial charge on any atom is 0.267 e. The summed E-state index contributed by atoms with van der Waals surface area (Å²) in [6, 6.07) is 12.4. The van der Waals surface area contributed by atoms with Crippen LogP contribution in [0.3, 0.4) is 0 Å². The van der Waals surface area contributed by atoms with Gasteiger partial charge >= 0.3 is 0 Å². The van der Waals surface area contributed by atoms with Crippen molar-refractivity contribution in [3.05, 3.63) is 75.7 Å². The summed E-state index contributed by atoms with van der Waals surface area (Å²) >= 11 is 1.41. The minimum atomic E-state index is -0.784. The van der Waals surface area contributed by atoms with Crippen molar-refractivity contribution in [3.63, 3.8) is 0 Å². The van der Waals surface area contributed by atoms with Crippen LogP contribution in [0.4, 0.5) is 5.69 Å². The average molecular weight is 502 g/mol.